The molecule has 1 heterocycles. The molecular weight excluding hydrogens is 505 g/mol. The first-order valence-corrected chi connectivity index (χ1v) is 13.1. The minimum absolute atomic E-state index is 0.0152. The van der Waals surface area contributed by atoms with Crippen LogP contribution in [0.5, 0.6) is 11.5 Å². The number of halogens is 1. The average molecular weight is 542 g/mol. The topological polar surface area (TPSA) is 110 Å². The van der Waals surface area contributed by atoms with Crippen LogP contribution >= 0.6 is 0 Å². The summed E-state index contributed by atoms with van der Waals surface area (Å²) in [7, 11) is 0. The molecule has 0 spiro atoms. The summed E-state index contributed by atoms with van der Waals surface area (Å²) in [5, 5.41) is 12.1. The molecule has 3 rings (SSSR count). The first-order chi connectivity index (χ1) is 18.5. The van der Waals surface area contributed by atoms with Gasteiger partial charge in [-0.1, -0.05) is 0 Å². The second-order valence-corrected chi connectivity index (χ2v) is 10.1. The van der Waals surface area contributed by atoms with Crippen molar-refractivity contribution in [3.8, 4) is 17.6 Å². The van der Waals surface area contributed by atoms with E-state index in [0.717, 1.165) is 0 Å². The highest BCUT2D eigenvalue weighted by atomic mass is 19.1. The van der Waals surface area contributed by atoms with Gasteiger partial charge in [0, 0.05) is 23.9 Å². The van der Waals surface area contributed by atoms with Crippen LogP contribution in [0.15, 0.2) is 36.4 Å². The summed E-state index contributed by atoms with van der Waals surface area (Å²) in [6.45, 7) is 10.0. The number of carbonyl (C=O) groups excluding carboxylic acids is 2. The average Bonchev–Trinajstić information content (AvgIpc) is 2.89. The van der Waals surface area contributed by atoms with Crippen LogP contribution < -0.4 is 14.8 Å². The second-order valence-electron chi connectivity index (χ2n) is 10.1. The number of piperidine rings is 1. The first-order valence-electron chi connectivity index (χ1n) is 13.1. The fraction of sp³-hybridized carbons (Fsp3) is 0.483. The number of benzene rings is 2. The molecule has 0 radical (unpaired) electrons. The number of anilines is 1. The summed E-state index contributed by atoms with van der Waals surface area (Å²) in [6.07, 6.45) is 0.333. The van der Waals surface area contributed by atoms with E-state index in [-0.39, 0.29) is 24.5 Å². The summed E-state index contributed by atoms with van der Waals surface area (Å²) in [4.78, 5) is 27.1. The summed E-state index contributed by atoms with van der Waals surface area (Å²) in [5.74, 6) is -1.20. The number of nitrogens with one attached hydrogen (secondary N) is 1. The quantitative estimate of drug-likeness (QED) is 0.409. The van der Waals surface area contributed by atoms with Gasteiger partial charge in [-0.25, -0.2) is 14.0 Å². The summed E-state index contributed by atoms with van der Waals surface area (Å²) >= 11 is 0. The molecule has 2 atom stereocenters. The zero-order valence-electron chi connectivity index (χ0n) is 23.1. The minimum Gasteiger partial charge on any atom is -0.494 e. The van der Waals surface area contributed by atoms with Crippen molar-refractivity contribution in [3.05, 3.63) is 53.3 Å². The van der Waals surface area contributed by atoms with Crippen LogP contribution in [0, 0.1) is 17.1 Å². The number of ether oxygens (including phenoxy) is 4. The fourth-order valence-electron chi connectivity index (χ4n) is 4.14. The number of hydrogen-bond donors (Lipinski definition) is 1. The van der Waals surface area contributed by atoms with Crippen molar-refractivity contribution in [1.82, 2.24) is 4.90 Å². The van der Waals surface area contributed by atoms with Gasteiger partial charge in [-0.3, -0.25) is 0 Å². The normalized spacial score (nSPS) is 16.0. The molecule has 2 aromatic carbocycles. The predicted octanol–water partition coefficient (Wildman–Crippen LogP) is 5.59. The standard InChI is InChI=1S/C29H36FN3O6/c1-6-36-22-15-23(26(27(34)37-7-2)32-20-12-10-19(17-31)11-13-20)25(30)24(16-22)38-21-9-8-14-33(18-21)28(35)39-29(3,4)5/h10-13,15-16,21,26,32H,6-9,14,18H2,1-5H3/t21-,26?/m0/s1. The van der Waals surface area contributed by atoms with Gasteiger partial charge in [-0.2, -0.15) is 5.26 Å². The lowest BCUT2D eigenvalue weighted by Crippen LogP contribution is -2.46. The van der Waals surface area contributed by atoms with Crippen LogP contribution in [0.4, 0.5) is 14.9 Å². The highest BCUT2D eigenvalue weighted by Gasteiger charge is 2.32. The van der Waals surface area contributed by atoms with Crippen molar-refractivity contribution in [2.24, 2.45) is 0 Å². The number of nitriles is 1. The van der Waals surface area contributed by atoms with Crippen LogP contribution in [0.1, 0.15) is 64.6 Å². The largest absolute Gasteiger partial charge is 0.494 e. The van der Waals surface area contributed by atoms with E-state index >= 15 is 4.39 Å². The van der Waals surface area contributed by atoms with Gasteiger partial charge in [0.25, 0.3) is 0 Å². The van der Waals surface area contributed by atoms with E-state index in [4.69, 9.17) is 24.2 Å². The first kappa shape index (κ1) is 29.6. The molecule has 0 saturated carbocycles. The highest BCUT2D eigenvalue weighted by Crippen LogP contribution is 2.35. The summed E-state index contributed by atoms with van der Waals surface area (Å²) in [5.41, 5.74) is 0.290. The van der Waals surface area contributed by atoms with Crippen molar-refractivity contribution >= 4 is 17.7 Å². The molecule has 1 amide bonds. The van der Waals surface area contributed by atoms with E-state index in [1.54, 1.807) is 63.8 Å². The fourth-order valence-corrected chi connectivity index (χ4v) is 4.14. The Morgan fingerprint density at radius 3 is 2.51 bits per heavy atom. The minimum atomic E-state index is -1.22. The maximum absolute atomic E-state index is 16.0. The van der Waals surface area contributed by atoms with Crippen LogP contribution in [0.25, 0.3) is 0 Å². The van der Waals surface area contributed by atoms with Gasteiger partial charge >= 0.3 is 12.1 Å². The Morgan fingerprint density at radius 1 is 1.18 bits per heavy atom. The van der Waals surface area contributed by atoms with E-state index in [2.05, 4.69) is 5.32 Å². The lowest BCUT2D eigenvalue weighted by molar-refractivity contribution is -0.144. The summed E-state index contributed by atoms with van der Waals surface area (Å²) in [6, 6.07) is 10.1. The Morgan fingerprint density at radius 2 is 1.90 bits per heavy atom. The lowest BCUT2D eigenvalue weighted by Gasteiger charge is -2.34. The van der Waals surface area contributed by atoms with E-state index in [0.29, 0.717) is 43.0 Å². The number of carbonyl (C=O) groups is 2. The Hall–Kier alpha value is -4.00. The van der Waals surface area contributed by atoms with E-state index < -0.39 is 35.6 Å². The third-order valence-electron chi connectivity index (χ3n) is 5.83. The molecule has 1 aliphatic rings. The molecule has 1 fully saturated rings. The molecule has 1 N–H and O–H groups in total. The maximum atomic E-state index is 16.0. The van der Waals surface area contributed by atoms with Crippen molar-refractivity contribution in [1.29, 1.82) is 5.26 Å². The van der Waals surface area contributed by atoms with Gasteiger partial charge in [0.15, 0.2) is 17.6 Å². The van der Waals surface area contributed by atoms with E-state index in [1.807, 2.05) is 6.07 Å². The van der Waals surface area contributed by atoms with Crippen LogP contribution in [0.2, 0.25) is 0 Å². The predicted molar refractivity (Wildman–Crippen MR) is 143 cm³/mol. The molecule has 0 aromatic heterocycles. The van der Waals surface area contributed by atoms with Crippen LogP contribution in [0.3, 0.4) is 0 Å². The van der Waals surface area contributed by atoms with E-state index in [1.165, 1.54) is 12.1 Å². The molecule has 2 aromatic rings. The smallest absolute Gasteiger partial charge is 0.410 e. The van der Waals surface area contributed by atoms with Crippen molar-refractivity contribution in [2.45, 2.75) is 65.2 Å². The SMILES string of the molecule is CCOC(=O)C(Nc1ccc(C#N)cc1)c1cc(OCC)cc(O[C@H]2CCCN(C(=O)OC(C)(C)C)C2)c1F. The van der Waals surface area contributed by atoms with Gasteiger partial charge in [0.2, 0.25) is 0 Å². The Balaban J connectivity index is 1.92. The molecule has 1 saturated heterocycles. The molecular formula is C29H36FN3O6. The van der Waals surface area contributed by atoms with Crippen LogP contribution in [-0.4, -0.2) is 55.0 Å². The van der Waals surface area contributed by atoms with Crippen LogP contribution in [-0.2, 0) is 14.3 Å². The van der Waals surface area contributed by atoms with Crippen molar-refractivity contribution < 1.29 is 32.9 Å². The summed E-state index contributed by atoms with van der Waals surface area (Å²) < 4.78 is 38.5. The number of hydrogen-bond acceptors (Lipinski definition) is 8. The molecule has 1 aliphatic heterocycles. The Kier molecular flexibility index (Phi) is 9.99. The number of likely N-dealkylation sites (tertiary alicyclic amines) is 1. The lowest BCUT2D eigenvalue weighted by atomic mass is 10.0. The molecule has 0 bridgehead atoms. The number of rotatable bonds is 9. The molecule has 1 unspecified atom stereocenters. The number of nitrogens with zero attached hydrogens (tertiary/aromatic N) is 2. The highest BCUT2D eigenvalue weighted by molar-refractivity contribution is 5.81. The van der Waals surface area contributed by atoms with Gasteiger partial charge in [-0.05, 0) is 77.8 Å². The molecule has 10 heteroatoms. The number of esters is 1. The second kappa shape index (κ2) is 13.2. The van der Waals surface area contributed by atoms with Gasteiger partial charge in [-0.15, -0.1) is 0 Å². The maximum Gasteiger partial charge on any atom is 0.410 e. The van der Waals surface area contributed by atoms with Gasteiger partial charge < -0.3 is 29.2 Å². The van der Waals surface area contributed by atoms with E-state index in [9.17, 15) is 9.59 Å². The molecule has 39 heavy (non-hydrogen) atoms. The Bertz CT molecular complexity index is 1190. The van der Waals surface area contributed by atoms with Gasteiger partial charge in [0.05, 0.1) is 31.4 Å². The van der Waals surface area contributed by atoms with Gasteiger partial charge in [0.1, 0.15) is 17.5 Å². The van der Waals surface area contributed by atoms with Crippen molar-refractivity contribution in [2.75, 3.05) is 31.6 Å². The molecule has 0 aliphatic carbocycles. The number of amides is 1. The van der Waals surface area contributed by atoms with Crippen molar-refractivity contribution in [3.63, 3.8) is 0 Å². The monoisotopic (exact) mass is 541 g/mol. The molecule has 9 nitrogen and oxygen atoms in total. The third-order valence-corrected chi connectivity index (χ3v) is 5.83. The third kappa shape index (κ3) is 8.24. The Labute approximate surface area is 228 Å². The zero-order chi connectivity index (χ0) is 28.6. The molecule has 210 valence electrons. The zero-order valence-corrected chi connectivity index (χ0v) is 23.1.